The topological polar surface area (TPSA) is 86.1 Å². The number of hydrogen-bond donors (Lipinski definition) is 1. The van der Waals surface area contributed by atoms with Gasteiger partial charge in [-0.2, -0.15) is 5.10 Å². The molecule has 8 heteroatoms. The number of nitrogens with zero attached hydrogens (tertiary/aromatic N) is 3. The van der Waals surface area contributed by atoms with E-state index in [0.29, 0.717) is 21.3 Å². The molecule has 3 rings (SSSR count). The number of hydrogen-bond acceptors (Lipinski definition) is 6. The minimum atomic E-state index is -0.891. The number of thiazole rings is 1. The van der Waals surface area contributed by atoms with Crippen LogP contribution >= 0.6 is 11.3 Å². The first-order chi connectivity index (χ1) is 14.9. The van der Waals surface area contributed by atoms with Gasteiger partial charge >= 0.3 is 5.97 Å². The van der Waals surface area contributed by atoms with E-state index in [9.17, 15) is 9.59 Å². The maximum Gasteiger partial charge on any atom is 0.333 e. The highest BCUT2D eigenvalue weighted by Crippen LogP contribution is 2.26. The van der Waals surface area contributed by atoms with E-state index in [1.807, 2.05) is 36.7 Å². The first-order valence-electron chi connectivity index (χ1n) is 10.3. The quantitative estimate of drug-likeness (QED) is 0.530. The van der Waals surface area contributed by atoms with E-state index in [-0.39, 0.29) is 5.91 Å². The average Bonchev–Trinajstić information content (AvgIpc) is 3.29. The minimum absolute atomic E-state index is 0.367. The fraction of sp³-hybridized carbons (Fsp3) is 0.391. The molecule has 1 N–H and O–H groups in total. The Labute approximate surface area is 186 Å². The van der Waals surface area contributed by atoms with E-state index < -0.39 is 12.0 Å². The van der Waals surface area contributed by atoms with Gasteiger partial charge < -0.3 is 10.1 Å². The van der Waals surface area contributed by atoms with Crippen LogP contribution in [0.15, 0.2) is 30.3 Å². The summed E-state index contributed by atoms with van der Waals surface area (Å²) >= 11 is 1.26. The Morgan fingerprint density at radius 1 is 1.16 bits per heavy atom. The van der Waals surface area contributed by atoms with Gasteiger partial charge in [-0.3, -0.25) is 4.79 Å². The molecule has 0 aliphatic rings. The molecule has 2 aromatic heterocycles. The minimum Gasteiger partial charge on any atom is -0.467 e. The third-order valence-corrected chi connectivity index (χ3v) is 6.37. The van der Waals surface area contributed by atoms with Gasteiger partial charge in [-0.05, 0) is 44.7 Å². The summed E-state index contributed by atoms with van der Waals surface area (Å²) in [5.74, 6) is -0.894. The van der Waals surface area contributed by atoms with Crippen molar-refractivity contribution in [3.05, 3.63) is 63.4 Å². The second-order valence-electron chi connectivity index (χ2n) is 7.42. The molecular weight excluding hydrogens is 412 g/mol. The number of unbranched alkanes of at least 4 members (excludes halogenated alkanes) is 1. The van der Waals surface area contributed by atoms with Crippen LogP contribution in [0.2, 0.25) is 0 Å². The van der Waals surface area contributed by atoms with Crippen LogP contribution in [0.1, 0.15) is 63.7 Å². The van der Waals surface area contributed by atoms with Crippen molar-refractivity contribution in [3.63, 3.8) is 0 Å². The molecule has 1 atom stereocenters. The molecule has 1 unspecified atom stereocenters. The van der Waals surface area contributed by atoms with E-state index in [2.05, 4.69) is 22.3 Å². The Morgan fingerprint density at radius 3 is 2.52 bits per heavy atom. The second-order valence-corrected chi connectivity index (χ2v) is 8.39. The largest absolute Gasteiger partial charge is 0.467 e. The van der Waals surface area contributed by atoms with Crippen molar-refractivity contribution in [1.82, 2.24) is 20.1 Å². The van der Waals surface area contributed by atoms with Gasteiger partial charge in [-0.1, -0.05) is 55.0 Å². The Kier molecular flexibility index (Phi) is 7.22. The Balaban J connectivity index is 1.88. The average molecular weight is 441 g/mol. The van der Waals surface area contributed by atoms with Gasteiger partial charge in [0.1, 0.15) is 4.88 Å². The number of benzene rings is 1. The van der Waals surface area contributed by atoms with Crippen LogP contribution in [0.5, 0.6) is 0 Å². The van der Waals surface area contributed by atoms with Crippen LogP contribution in [0, 0.1) is 20.8 Å². The number of carbonyl (C=O) groups is 2. The Hall–Kier alpha value is -3.00. The SMILES string of the molecule is CCCCc1c(C)nn(-c2nc(C)c(C(=O)NC(C(=O)OC)c3ccccc3)s2)c1C. The predicted molar refractivity (Wildman–Crippen MR) is 121 cm³/mol. The zero-order valence-electron chi connectivity index (χ0n) is 18.6. The van der Waals surface area contributed by atoms with Crippen molar-refractivity contribution in [2.24, 2.45) is 0 Å². The molecule has 164 valence electrons. The highest BCUT2D eigenvalue weighted by molar-refractivity contribution is 7.16. The maximum atomic E-state index is 13.0. The number of methoxy groups -OCH3 is 1. The van der Waals surface area contributed by atoms with Crippen molar-refractivity contribution in [1.29, 1.82) is 0 Å². The highest BCUT2D eigenvalue weighted by Gasteiger charge is 2.27. The van der Waals surface area contributed by atoms with Crippen LogP contribution in [0.3, 0.4) is 0 Å². The van der Waals surface area contributed by atoms with Crippen molar-refractivity contribution < 1.29 is 14.3 Å². The number of carbonyl (C=O) groups excluding carboxylic acids is 2. The van der Waals surface area contributed by atoms with Crippen molar-refractivity contribution in [2.75, 3.05) is 7.11 Å². The molecule has 0 spiro atoms. The molecule has 31 heavy (non-hydrogen) atoms. The van der Waals surface area contributed by atoms with E-state index in [1.165, 1.54) is 24.0 Å². The third kappa shape index (κ3) is 4.85. The molecule has 0 saturated heterocycles. The molecule has 0 aliphatic carbocycles. The van der Waals surface area contributed by atoms with Crippen LogP contribution in [-0.4, -0.2) is 33.8 Å². The molecule has 1 amide bonds. The van der Waals surface area contributed by atoms with Gasteiger partial charge in [-0.15, -0.1) is 0 Å². The summed E-state index contributed by atoms with van der Waals surface area (Å²) in [6, 6.07) is 8.14. The summed E-state index contributed by atoms with van der Waals surface area (Å²) in [6.07, 6.45) is 3.20. The zero-order chi connectivity index (χ0) is 22.5. The van der Waals surface area contributed by atoms with E-state index >= 15 is 0 Å². The second kappa shape index (κ2) is 9.87. The first-order valence-corrected chi connectivity index (χ1v) is 11.2. The van der Waals surface area contributed by atoms with Gasteiger partial charge in [0.2, 0.25) is 5.13 Å². The summed E-state index contributed by atoms with van der Waals surface area (Å²) in [6.45, 7) is 7.99. The van der Waals surface area contributed by atoms with Crippen molar-refractivity contribution in [2.45, 2.75) is 53.0 Å². The Bertz CT molecular complexity index is 1070. The molecule has 0 saturated carbocycles. The van der Waals surface area contributed by atoms with E-state index in [1.54, 1.807) is 19.1 Å². The lowest BCUT2D eigenvalue weighted by molar-refractivity contribution is -0.143. The number of aryl methyl sites for hydroxylation is 2. The number of nitrogens with one attached hydrogen (secondary N) is 1. The molecule has 0 aliphatic heterocycles. The summed E-state index contributed by atoms with van der Waals surface area (Å²) in [5, 5.41) is 8.09. The predicted octanol–water partition coefficient (Wildman–Crippen LogP) is 4.24. The van der Waals surface area contributed by atoms with E-state index in [4.69, 9.17) is 4.74 Å². The normalized spacial score (nSPS) is 11.9. The molecule has 0 bridgehead atoms. The van der Waals surface area contributed by atoms with Crippen LogP contribution < -0.4 is 5.32 Å². The Morgan fingerprint density at radius 2 is 1.87 bits per heavy atom. The van der Waals surface area contributed by atoms with Gasteiger partial charge in [0.15, 0.2) is 6.04 Å². The molecule has 3 aromatic rings. The number of rotatable bonds is 8. The fourth-order valence-corrected chi connectivity index (χ4v) is 4.47. The summed E-state index contributed by atoms with van der Waals surface area (Å²) in [7, 11) is 1.30. The molecule has 7 nitrogen and oxygen atoms in total. The van der Waals surface area contributed by atoms with Gasteiger partial charge in [-0.25, -0.2) is 14.5 Å². The maximum absolute atomic E-state index is 13.0. The highest BCUT2D eigenvalue weighted by atomic mass is 32.1. The molecule has 2 heterocycles. The summed E-state index contributed by atoms with van der Waals surface area (Å²) in [4.78, 5) is 30.4. The first kappa shape index (κ1) is 22.7. The molecule has 0 fully saturated rings. The molecule has 1 aromatic carbocycles. The smallest absolute Gasteiger partial charge is 0.333 e. The molecule has 0 radical (unpaired) electrons. The van der Waals surface area contributed by atoms with Crippen LogP contribution in [0.4, 0.5) is 0 Å². The van der Waals surface area contributed by atoms with Gasteiger partial charge in [0.25, 0.3) is 5.91 Å². The number of ether oxygens (including phenoxy) is 1. The lowest BCUT2D eigenvalue weighted by atomic mass is 10.1. The fourth-order valence-electron chi connectivity index (χ4n) is 3.50. The summed E-state index contributed by atoms with van der Waals surface area (Å²) < 4.78 is 6.70. The lowest BCUT2D eigenvalue weighted by Gasteiger charge is -2.16. The number of aromatic nitrogens is 3. The standard InChI is InChI=1S/C23H28N4O3S/c1-6-7-13-18-14(2)26-27(16(18)4)23-24-15(3)20(31-23)21(28)25-19(22(29)30-5)17-11-9-8-10-12-17/h8-12,19H,6-7,13H2,1-5H3,(H,25,28). The van der Waals surface area contributed by atoms with Crippen molar-refractivity contribution >= 4 is 23.2 Å². The number of esters is 1. The van der Waals surface area contributed by atoms with Crippen LogP contribution in [-0.2, 0) is 16.0 Å². The zero-order valence-corrected chi connectivity index (χ0v) is 19.4. The number of amides is 1. The van der Waals surface area contributed by atoms with Gasteiger partial charge in [0, 0.05) is 5.69 Å². The van der Waals surface area contributed by atoms with Crippen LogP contribution in [0.25, 0.3) is 5.13 Å². The van der Waals surface area contributed by atoms with E-state index in [0.717, 1.165) is 30.7 Å². The summed E-state index contributed by atoms with van der Waals surface area (Å²) in [5.41, 5.74) is 4.51. The lowest BCUT2D eigenvalue weighted by Crippen LogP contribution is -2.34. The molecular formula is C23H28N4O3S. The third-order valence-electron chi connectivity index (χ3n) is 5.24. The monoisotopic (exact) mass is 440 g/mol. The van der Waals surface area contributed by atoms with Gasteiger partial charge in [0.05, 0.1) is 18.5 Å². The van der Waals surface area contributed by atoms with Crippen molar-refractivity contribution in [3.8, 4) is 5.13 Å².